The number of carbonyl (C=O) groups is 4. The number of imide groups is 2. The van der Waals surface area contributed by atoms with Gasteiger partial charge in [0.1, 0.15) is 0 Å². The summed E-state index contributed by atoms with van der Waals surface area (Å²) in [6, 6.07) is 4.32. The van der Waals surface area contributed by atoms with Gasteiger partial charge in [0.2, 0.25) is 0 Å². The predicted octanol–water partition coefficient (Wildman–Crippen LogP) is 2.93. The highest BCUT2D eigenvalue weighted by Crippen LogP contribution is 2.34. The van der Waals surface area contributed by atoms with Gasteiger partial charge >= 0.3 is 24.4 Å². The van der Waals surface area contributed by atoms with Crippen LogP contribution >= 0.6 is 0 Å². The van der Waals surface area contributed by atoms with Crippen LogP contribution < -0.4 is 8.97 Å². The van der Waals surface area contributed by atoms with Crippen molar-refractivity contribution in [3.63, 3.8) is 0 Å². The van der Waals surface area contributed by atoms with Crippen LogP contribution in [0, 0.1) is 6.92 Å². The molecule has 1 aromatic carbocycles. The molecule has 148 valence electrons. The SMILES string of the molecule is COC(=O)[N+](C)(C(=O)OC)c1ccc([N+](C)(C(=O)OC)C(=O)OC)c(C)c1. The smallest absolute Gasteiger partial charge is 0.423 e. The molecule has 0 saturated carbocycles. The fraction of sp³-hybridized carbons (Fsp3) is 0.412. The standard InChI is InChI=1S/C17H24N2O8/c1-11-10-12(18(2,14(20)24-4)15(21)25-5)8-9-13(11)19(3,16(22)26-6)17(23)27-7/h8-10H,1-7H3/q+2. The molecule has 0 atom stereocenters. The van der Waals surface area contributed by atoms with Crippen molar-refractivity contribution in [2.24, 2.45) is 0 Å². The molecule has 0 aromatic heterocycles. The molecule has 27 heavy (non-hydrogen) atoms. The lowest BCUT2D eigenvalue weighted by Crippen LogP contribution is -2.56. The molecule has 0 aliphatic carbocycles. The number of hydrogen-bond donors (Lipinski definition) is 0. The van der Waals surface area contributed by atoms with Crippen LogP contribution in [-0.4, -0.2) is 66.9 Å². The third-order valence-electron chi connectivity index (χ3n) is 4.34. The Kier molecular flexibility index (Phi) is 6.65. The van der Waals surface area contributed by atoms with Gasteiger partial charge < -0.3 is 18.9 Å². The summed E-state index contributed by atoms with van der Waals surface area (Å²) in [5.74, 6) is 0. The van der Waals surface area contributed by atoms with Gasteiger partial charge in [-0.05, 0) is 6.92 Å². The van der Waals surface area contributed by atoms with E-state index in [1.807, 2.05) is 0 Å². The topological polar surface area (TPSA) is 105 Å². The van der Waals surface area contributed by atoms with Crippen molar-refractivity contribution in [3.05, 3.63) is 23.8 Å². The number of carbonyl (C=O) groups excluding carboxylic acids is 4. The van der Waals surface area contributed by atoms with Crippen molar-refractivity contribution in [2.45, 2.75) is 6.92 Å². The van der Waals surface area contributed by atoms with E-state index in [1.165, 1.54) is 32.3 Å². The number of amides is 4. The quantitative estimate of drug-likeness (QED) is 0.566. The second-order valence-corrected chi connectivity index (χ2v) is 5.86. The summed E-state index contributed by atoms with van der Waals surface area (Å²) in [7, 11) is 7.20. The van der Waals surface area contributed by atoms with E-state index in [0.717, 1.165) is 28.4 Å². The molecule has 10 heteroatoms. The van der Waals surface area contributed by atoms with Crippen LogP contribution in [-0.2, 0) is 18.9 Å². The summed E-state index contributed by atoms with van der Waals surface area (Å²) >= 11 is 0. The monoisotopic (exact) mass is 384 g/mol. The molecule has 10 nitrogen and oxygen atoms in total. The van der Waals surface area contributed by atoms with Gasteiger partial charge in [-0.1, -0.05) is 8.97 Å². The molecule has 0 radical (unpaired) electrons. The zero-order valence-corrected chi connectivity index (χ0v) is 16.4. The first-order valence-electron chi connectivity index (χ1n) is 7.74. The van der Waals surface area contributed by atoms with Crippen LogP contribution in [0.1, 0.15) is 5.56 Å². The second kappa shape index (κ2) is 8.14. The lowest BCUT2D eigenvalue weighted by atomic mass is 10.1. The molecule has 0 unspecified atom stereocenters. The molecule has 0 fully saturated rings. The van der Waals surface area contributed by atoms with E-state index in [1.54, 1.807) is 6.92 Å². The van der Waals surface area contributed by atoms with Gasteiger partial charge in [-0.3, -0.25) is 0 Å². The summed E-state index contributed by atoms with van der Waals surface area (Å²) in [5.41, 5.74) is 0.901. The van der Waals surface area contributed by atoms with E-state index in [2.05, 4.69) is 0 Å². The molecule has 4 amide bonds. The number of aryl methyl sites for hydroxylation is 1. The largest absolute Gasteiger partial charge is 0.531 e. The third-order valence-corrected chi connectivity index (χ3v) is 4.34. The van der Waals surface area contributed by atoms with Crippen molar-refractivity contribution >= 4 is 35.7 Å². The van der Waals surface area contributed by atoms with Gasteiger partial charge in [0, 0.05) is 23.8 Å². The lowest BCUT2D eigenvalue weighted by Gasteiger charge is -2.28. The van der Waals surface area contributed by atoms with E-state index in [-0.39, 0.29) is 11.4 Å². The van der Waals surface area contributed by atoms with Crippen molar-refractivity contribution in [1.29, 1.82) is 0 Å². The number of rotatable bonds is 2. The maximum Gasteiger partial charge on any atom is 0.531 e. The molecule has 0 heterocycles. The van der Waals surface area contributed by atoms with E-state index in [4.69, 9.17) is 18.9 Å². The molecule has 0 aliphatic rings. The van der Waals surface area contributed by atoms with Crippen LogP contribution in [0.15, 0.2) is 18.2 Å². The Labute approximate surface area is 156 Å². The lowest BCUT2D eigenvalue weighted by molar-refractivity contribution is 0.106. The van der Waals surface area contributed by atoms with Gasteiger partial charge in [-0.15, -0.1) is 0 Å². The normalized spacial score (nSPS) is 11.4. The van der Waals surface area contributed by atoms with Gasteiger partial charge in [0.05, 0.1) is 42.5 Å². The summed E-state index contributed by atoms with van der Waals surface area (Å²) in [6.45, 7) is 1.61. The summed E-state index contributed by atoms with van der Waals surface area (Å²) in [4.78, 5) is 49.0. The van der Waals surface area contributed by atoms with E-state index < -0.39 is 33.3 Å². The molecular formula is C17H24N2O8+2. The Hall–Kier alpha value is -2.98. The molecule has 0 N–H and O–H groups in total. The first-order chi connectivity index (χ1) is 12.5. The van der Waals surface area contributed by atoms with Crippen molar-refractivity contribution in [3.8, 4) is 0 Å². The minimum atomic E-state index is -0.922. The third kappa shape index (κ3) is 3.49. The van der Waals surface area contributed by atoms with Crippen LogP contribution in [0.25, 0.3) is 0 Å². The minimum absolute atomic E-state index is 0.219. The number of ether oxygens (including phenoxy) is 4. The molecule has 0 aliphatic heterocycles. The van der Waals surface area contributed by atoms with E-state index in [9.17, 15) is 19.2 Å². The van der Waals surface area contributed by atoms with Crippen LogP contribution in [0.5, 0.6) is 0 Å². The Morgan fingerprint density at radius 1 is 0.704 bits per heavy atom. The van der Waals surface area contributed by atoms with Crippen molar-refractivity contribution < 1.29 is 38.1 Å². The highest BCUT2D eigenvalue weighted by Gasteiger charge is 2.50. The van der Waals surface area contributed by atoms with E-state index >= 15 is 0 Å². The molecular weight excluding hydrogens is 360 g/mol. The van der Waals surface area contributed by atoms with Gasteiger partial charge in [-0.25, -0.2) is 0 Å². The highest BCUT2D eigenvalue weighted by atomic mass is 16.6. The Morgan fingerprint density at radius 2 is 1.07 bits per heavy atom. The van der Waals surface area contributed by atoms with Crippen LogP contribution in [0.4, 0.5) is 30.6 Å². The maximum atomic E-state index is 12.3. The molecule has 1 aromatic rings. The number of nitrogens with zero attached hydrogens (tertiary/aromatic N) is 2. The summed E-state index contributed by atoms with van der Waals surface area (Å²) in [5, 5.41) is 0. The fourth-order valence-corrected chi connectivity index (χ4v) is 2.71. The first-order valence-corrected chi connectivity index (χ1v) is 7.74. The molecule has 1 rings (SSSR count). The Balaban J connectivity index is 3.65. The van der Waals surface area contributed by atoms with Crippen molar-refractivity contribution in [1.82, 2.24) is 8.97 Å². The second-order valence-electron chi connectivity index (χ2n) is 5.86. The fourth-order valence-electron chi connectivity index (χ4n) is 2.71. The predicted molar refractivity (Wildman–Crippen MR) is 96.2 cm³/mol. The van der Waals surface area contributed by atoms with E-state index in [0.29, 0.717) is 5.56 Å². The van der Waals surface area contributed by atoms with Crippen LogP contribution in [0.2, 0.25) is 0 Å². The number of hydrogen-bond acceptors (Lipinski definition) is 8. The van der Waals surface area contributed by atoms with Crippen LogP contribution in [0.3, 0.4) is 0 Å². The molecule has 0 spiro atoms. The Bertz CT molecular complexity index is 742. The number of quaternary nitrogens is 2. The van der Waals surface area contributed by atoms with Gasteiger partial charge in [-0.2, -0.15) is 19.2 Å². The van der Waals surface area contributed by atoms with Gasteiger partial charge in [0.15, 0.2) is 11.4 Å². The maximum absolute atomic E-state index is 12.3. The first kappa shape index (κ1) is 22.1. The van der Waals surface area contributed by atoms with Gasteiger partial charge in [0.25, 0.3) is 0 Å². The number of benzene rings is 1. The molecule has 0 saturated heterocycles. The number of methoxy groups -OCH3 is 4. The summed E-state index contributed by atoms with van der Waals surface area (Å²) < 4.78 is 17.1. The zero-order valence-electron chi connectivity index (χ0n) is 16.4. The molecule has 0 bridgehead atoms. The summed E-state index contributed by atoms with van der Waals surface area (Å²) in [6.07, 6.45) is -3.47. The average Bonchev–Trinajstić information content (AvgIpc) is 2.69. The Morgan fingerprint density at radius 3 is 1.41 bits per heavy atom. The minimum Gasteiger partial charge on any atom is -0.423 e. The van der Waals surface area contributed by atoms with Crippen molar-refractivity contribution in [2.75, 3.05) is 42.5 Å². The highest BCUT2D eigenvalue weighted by molar-refractivity contribution is 6.05. The average molecular weight is 384 g/mol. The zero-order chi connectivity index (χ0) is 21.0.